The molecule has 142 valence electrons. The first-order valence-electron chi connectivity index (χ1n) is 8.26. The van der Waals surface area contributed by atoms with Crippen molar-refractivity contribution in [3.8, 4) is 11.3 Å². The molecule has 0 bridgehead atoms. The van der Waals surface area contributed by atoms with Gasteiger partial charge in [-0.3, -0.25) is 14.9 Å². The minimum Gasteiger partial charge on any atom is -0.451 e. The quantitative estimate of drug-likeness (QED) is 0.540. The van der Waals surface area contributed by atoms with Crippen molar-refractivity contribution in [2.75, 3.05) is 10.6 Å². The number of nitrogens with one attached hydrogen (secondary N) is 3. The van der Waals surface area contributed by atoms with Gasteiger partial charge in [0.1, 0.15) is 5.76 Å². The Morgan fingerprint density at radius 1 is 0.893 bits per heavy atom. The summed E-state index contributed by atoms with van der Waals surface area (Å²) in [5.41, 5.74) is 2.14. The van der Waals surface area contributed by atoms with E-state index < -0.39 is 5.91 Å². The molecule has 0 saturated carbocycles. The van der Waals surface area contributed by atoms with Crippen LogP contribution < -0.4 is 16.0 Å². The number of carbonyl (C=O) groups excluding carboxylic acids is 2. The first-order valence-corrected chi connectivity index (χ1v) is 9.05. The molecule has 8 heteroatoms. The van der Waals surface area contributed by atoms with E-state index in [0.29, 0.717) is 22.2 Å². The molecule has 0 saturated heterocycles. The summed E-state index contributed by atoms with van der Waals surface area (Å²) in [5, 5.41) is 8.88. The smallest absolute Gasteiger partial charge is 0.293 e. The molecule has 0 spiro atoms. The van der Waals surface area contributed by atoms with Gasteiger partial charge in [-0.25, -0.2) is 0 Å². The predicted octanol–water partition coefficient (Wildman–Crippen LogP) is 4.69. The molecule has 0 fully saturated rings. The van der Waals surface area contributed by atoms with Gasteiger partial charge in [0.25, 0.3) is 5.91 Å². The zero-order valence-corrected chi connectivity index (χ0v) is 16.4. The number of hydrogen-bond donors (Lipinski definition) is 3. The highest BCUT2D eigenvalue weighted by Gasteiger charge is 2.14. The average molecular weight is 414 g/mol. The molecular weight excluding hydrogens is 398 g/mol. The maximum absolute atomic E-state index is 12.3. The molecule has 0 aliphatic rings. The highest BCUT2D eigenvalue weighted by atomic mass is 35.5. The van der Waals surface area contributed by atoms with Gasteiger partial charge in [-0.15, -0.1) is 0 Å². The number of benzene rings is 2. The number of carbonyl (C=O) groups is 2. The van der Waals surface area contributed by atoms with E-state index in [0.717, 1.165) is 5.56 Å². The molecule has 2 amide bonds. The van der Waals surface area contributed by atoms with Crippen LogP contribution >= 0.6 is 23.8 Å². The second-order valence-corrected chi connectivity index (χ2v) is 6.68. The topological polar surface area (TPSA) is 83.4 Å². The average Bonchev–Trinajstić information content (AvgIpc) is 3.14. The molecule has 0 aliphatic carbocycles. The fraction of sp³-hybridized carbons (Fsp3) is 0.0500. The summed E-state index contributed by atoms with van der Waals surface area (Å²) in [5.74, 6) is 0.0665. The van der Waals surface area contributed by atoms with Crippen LogP contribution in [0.1, 0.15) is 17.5 Å². The predicted molar refractivity (Wildman–Crippen MR) is 114 cm³/mol. The van der Waals surface area contributed by atoms with E-state index in [1.165, 1.54) is 6.92 Å². The Morgan fingerprint density at radius 3 is 2.11 bits per heavy atom. The normalized spacial score (nSPS) is 10.2. The van der Waals surface area contributed by atoms with E-state index in [-0.39, 0.29) is 16.8 Å². The third kappa shape index (κ3) is 5.18. The van der Waals surface area contributed by atoms with Crippen LogP contribution in [-0.2, 0) is 4.79 Å². The molecule has 6 nitrogen and oxygen atoms in total. The van der Waals surface area contributed by atoms with Gasteiger partial charge in [0, 0.05) is 28.9 Å². The molecule has 3 N–H and O–H groups in total. The monoisotopic (exact) mass is 413 g/mol. The van der Waals surface area contributed by atoms with Gasteiger partial charge in [-0.1, -0.05) is 11.6 Å². The highest BCUT2D eigenvalue weighted by Crippen LogP contribution is 2.23. The minimum atomic E-state index is -0.465. The summed E-state index contributed by atoms with van der Waals surface area (Å²) in [6.07, 6.45) is 0. The second-order valence-electron chi connectivity index (χ2n) is 5.84. The molecule has 1 aromatic heterocycles. The van der Waals surface area contributed by atoms with Gasteiger partial charge in [-0.05, 0) is 72.9 Å². The van der Waals surface area contributed by atoms with Gasteiger partial charge in [0.2, 0.25) is 5.91 Å². The summed E-state index contributed by atoms with van der Waals surface area (Å²) >= 11 is 11.0. The van der Waals surface area contributed by atoms with E-state index in [1.807, 2.05) is 0 Å². The number of halogens is 1. The van der Waals surface area contributed by atoms with Crippen LogP contribution in [-0.4, -0.2) is 16.9 Å². The maximum atomic E-state index is 12.3. The molecule has 0 radical (unpaired) electrons. The molecule has 0 aliphatic heterocycles. The third-order valence-corrected chi connectivity index (χ3v) is 4.10. The van der Waals surface area contributed by atoms with Crippen molar-refractivity contribution in [2.45, 2.75) is 6.92 Å². The lowest BCUT2D eigenvalue weighted by atomic mass is 10.2. The van der Waals surface area contributed by atoms with E-state index >= 15 is 0 Å². The number of hydrogen-bond acceptors (Lipinski definition) is 4. The van der Waals surface area contributed by atoms with Crippen molar-refractivity contribution in [1.29, 1.82) is 0 Å². The lowest BCUT2D eigenvalue weighted by Gasteiger charge is -2.09. The van der Waals surface area contributed by atoms with Crippen LogP contribution in [0.3, 0.4) is 0 Å². The SMILES string of the molecule is CC(=O)Nc1ccc(NC(=S)NC(=O)c2ccc(-c3ccc(Cl)cc3)o2)cc1. The van der Waals surface area contributed by atoms with E-state index in [9.17, 15) is 9.59 Å². The highest BCUT2D eigenvalue weighted by molar-refractivity contribution is 7.80. The zero-order valence-electron chi connectivity index (χ0n) is 14.8. The Bertz CT molecular complexity index is 1010. The largest absolute Gasteiger partial charge is 0.451 e. The molecule has 3 rings (SSSR count). The van der Waals surface area contributed by atoms with E-state index in [1.54, 1.807) is 60.7 Å². The summed E-state index contributed by atoms with van der Waals surface area (Å²) in [7, 11) is 0. The molecule has 28 heavy (non-hydrogen) atoms. The van der Waals surface area contributed by atoms with E-state index in [4.69, 9.17) is 28.2 Å². The van der Waals surface area contributed by atoms with Crippen LogP contribution in [0, 0.1) is 0 Å². The van der Waals surface area contributed by atoms with E-state index in [2.05, 4.69) is 16.0 Å². The van der Waals surface area contributed by atoms with Crippen molar-refractivity contribution < 1.29 is 14.0 Å². The number of rotatable bonds is 4. The van der Waals surface area contributed by atoms with Crippen molar-refractivity contribution >= 4 is 52.1 Å². The Balaban J connectivity index is 1.59. The molecule has 1 heterocycles. The second kappa shape index (κ2) is 8.69. The summed E-state index contributed by atoms with van der Waals surface area (Å²) in [6.45, 7) is 1.43. The van der Waals surface area contributed by atoms with Crippen LogP contribution in [0.15, 0.2) is 65.1 Å². The van der Waals surface area contributed by atoms with Gasteiger partial charge < -0.3 is 15.1 Å². The summed E-state index contributed by atoms with van der Waals surface area (Å²) < 4.78 is 5.59. The Kier molecular flexibility index (Phi) is 6.08. The van der Waals surface area contributed by atoms with Crippen molar-refractivity contribution in [3.05, 3.63) is 71.4 Å². The number of amides is 2. The van der Waals surface area contributed by atoms with Gasteiger partial charge in [0.05, 0.1) is 0 Å². The minimum absolute atomic E-state index is 0.127. The van der Waals surface area contributed by atoms with Crippen LogP contribution in [0.25, 0.3) is 11.3 Å². The first-order chi connectivity index (χ1) is 13.4. The number of anilines is 2. The Morgan fingerprint density at radius 2 is 1.50 bits per heavy atom. The van der Waals surface area contributed by atoms with Crippen molar-refractivity contribution in [3.63, 3.8) is 0 Å². The van der Waals surface area contributed by atoms with Gasteiger partial charge in [0.15, 0.2) is 10.9 Å². The number of furan rings is 1. The van der Waals surface area contributed by atoms with Crippen molar-refractivity contribution in [1.82, 2.24) is 5.32 Å². The summed E-state index contributed by atoms with van der Waals surface area (Å²) in [6, 6.07) is 17.3. The fourth-order valence-electron chi connectivity index (χ4n) is 2.40. The molecule has 3 aromatic rings. The van der Waals surface area contributed by atoms with Crippen molar-refractivity contribution in [2.24, 2.45) is 0 Å². The Hall–Kier alpha value is -3.16. The standard InChI is InChI=1S/C20H16ClN3O3S/c1-12(25)22-15-6-8-16(9-7-15)23-20(28)24-19(26)18-11-10-17(27-18)13-2-4-14(21)5-3-13/h2-11H,1H3,(H,22,25)(H2,23,24,26,28). The fourth-order valence-corrected chi connectivity index (χ4v) is 2.73. The third-order valence-electron chi connectivity index (χ3n) is 3.65. The lowest BCUT2D eigenvalue weighted by molar-refractivity contribution is -0.114. The molecular formula is C20H16ClN3O3S. The Labute approximate surface area is 171 Å². The number of thiocarbonyl (C=S) groups is 1. The summed E-state index contributed by atoms with van der Waals surface area (Å²) in [4.78, 5) is 23.3. The van der Waals surface area contributed by atoms with Crippen LogP contribution in [0.2, 0.25) is 5.02 Å². The maximum Gasteiger partial charge on any atom is 0.293 e. The van der Waals surface area contributed by atoms with Crippen LogP contribution in [0.4, 0.5) is 11.4 Å². The molecule has 2 aromatic carbocycles. The van der Waals surface area contributed by atoms with Gasteiger partial charge in [-0.2, -0.15) is 0 Å². The zero-order chi connectivity index (χ0) is 20.1. The lowest BCUT2D eigenvalue weighted by Crippen LogP contribution is -2.33. The molecule has 0 atom stereocenters. The first kappa shape index (κ1) is 19.6. The van der Waals surface area contributed by atoms with Gasteiger partial charge >= 0.3 is 0 Å². The molecule has 0 unspecified atom stereocenters. The van der Waals surface area contributed by atoms with Crippen LogP contribution in [0.5, 0.6) is 0 Å².